The largest absolute Gasteiger partial charge is 0.346 e. The summed E-state index contributed by atoms with van der Waals surface area (Å²) >= 11 is 1.75. The van der Waals surface area contributed by atoms with Crippen molar-refractivity contribution in [2.24, 2.45) is 0 Å². The van der Waals surface area contributed by atoms with E-state index in [0.29, 0.717) is 0 Å². The molecule has 0 aliphatic carbocycles. The summed E-state index contributed by atoms with van der Waals surface area (Å²) < 4.78 is 0. The summed E-state index contributed by atoms with van der Waals surface area (Å²) in [6.07, 6.45) is 4.47. The molecule has 3 aromatic rings. The first-order valence-corrected chi connectivity index (χ1v) is 9.96. The molecule has 1 aromatic heterocycles. The second-order valence-electron chi connectivity index (χ2n) is 6.48. The number of nitrogens with zero attached hydrogens (tertiary/aromatic N) is 3. The first kappa shape index (κ1) is 17.0. The molecule has 0 saturated carbocycles. The Morgan fingerprint density at radius 2 is 1.58 bits per heavy atom. The first-order chi connectivity index (χ1) is 12.9. The van der Waals surface area contributed by atoms with Crippen LogP contribution in [0.15, 0.2) is 72.1 Å². The highest BCUT2D eigenvalue weighted by Gasteiger charge is 2.18. The van der Waals surface area contributed by atoms with Crippen molar-refractivity contribution >= 4 is 22.5 Å². The van der Waals surface area contributed by atoms with Crippen LogP contribution in [-0.2, 0) is 0 Å². The predicted molar refractivity (Wildman–Crippen MR) is 112 cm³/mol. The number of benzene rings is 2. The fraction of sp³-hybridized carbons (Fsp3) is 0.227. The van der Waals surface area contributed by atoms with Crippen LogP contribution in [0.4, 0.5) is 5.13 Å². The molecule has 0 bridgehead atoms. The lowest BCUT2D eigenvalue weighted by atomic mass is 10.2. The maximum atomic E-state index is 4.84. The van der Waals surface area contributed by atoms with Crippen molar-refractivity contribution < 1.29 is 0 Å². The molecule has 4 rings (SSSR count). The van der Waals surface area contributed by atoms with Gasteiger partial charge in [-0.1, -0.05) is 72.8 Å². The van der Waals surface area contributed by atoms with E-state index in [1.807, 2.05) is 6.07 Å². The van der Waals surface area contributed by atoms with Gasteiger partial charge in [0.05, 0.1) is 5.69 Å². The summed E-state index contributed by atoms with van der Waals surface area (Å²) in [5, 5.41) is 3.31. The predicted octanol–water partition coefficient (Wildman–Crippen LogP) is 4.65. The van der Waals surface area contributed by atoms with Gasteiger partial charge in [0.15, 0.2) is 5.13 Å². The number of hydrogen-bond donors (Lipinski definition) is 0. The van der Waals surface area contributed by atoms with E-state index in [-0.39, 0.29) is 0 Å². The van der Waals surface area contributed by atoms with Gasteiger partial charge in [-0.2, -0.15) is 0 Å². The van der Waals surface area contributed by atoms with Crippen LogP contribution in [0.25, 0.3) is 17.3 Å². The summed E-state index contributed by atoms with van der Waals surface area (Å²) in [6, 6.07) is 20.9. The molecule has 1 aliphatic rings. The highest BCUT2D eigenvalue weighted by molar-refractivity contribution is 7.14. The third-order valence-corrected chi connectivity index (χ3v) is 5.58. The molecule has 0 radical (unpaired) electrons. The summed E-state index contributed by atoms with van der Waals surface area (Å²) in [5.41, 5.74) is 3.54. The van der Waals surface area contributed by atoms with Crippen molar-refractivity contribution in [2.45, 2.75) is 0 Å². The summed E-state index contributed by atoms with van der Waals surface area (Å²) in [4.78, 5) is 9.76. The van der Waals surface area contributed by atoms with E-state index < -0.39 is 0 Å². The monoisotopic (exact) mass is 361 g/mol. The average Bonchev–Trinajstić information content (AvgIpc) is 3.20. The summed E-state index contributed by atoms with van der Waals surface area (Å²) in [6.45, 7) is 5.26. The lowest BCUT2D eigenvalue weighted by Crippen LogP contribution is -2.46. The Balaban J connectivity index is 1.30. The third kappa shape index (κ3) is 4.21. The molecule has 4 heteroatoms. The first-order valence-electron chi connectivity index (χ1n) is 9.08. The second kappa shape index (κ2) is 8.30. The number of anilines is 1. The molecular weight excluding hydrogens is 338 g/mol. The molecule has 2 aromatic carbocycles. The minimum Gasteiger partial charge on any atom is -0.346 e. The van der Waals surface area contributed by atoms with Crippen molar-refractivity contribution in [1.29, 1.82) is 0 Å². The molecule has 1 saturated heterocycles. The molecule has 2 heterocycles. The van der Waals surface area contributed by atoms with Crippen molar-refractivity contribution in [3.05, 3.63) is 77.7 Å². The van der Waals surface area contributed by atoms with Crippen LogP contribution in [0.5, 0.6) is 0 Å². The van der Waals surface area contributed by atoms with E-state index in [0.717, 1.165) is 43.5 Å². The Kier molecular flexibility index (Phi) is 5.43. The molecule has 132 valence electrons. The number of piperazine rings is 1. The van der Waals surface area contributed by atoms with Gasteiger partial charge >= 0.3 is 0 Å². The van der Waals surface area contributed by atoms with E-state index >= 15 is 0 Å². The Bertz CT molecular complexity index is 834. The van der Waals surface area contributed by atoms with E-state index in [2.05, 4.69) is 81.9 Å². The van der Waals surface area contributed by atoms with Crippen LogP contribution in [0.3, 0.4) is 0 Å². The SMILES string of the molecule is C(=C\c1ccccc1)/CN1CCN(c2nc(-c3ccccc3)cs2)CC1. The second-order valence-corrected chi connectivity index (χ2v) is 7.32. The van der Waals surface area contributed by atoms with Crippen LogP contribution in [-0.4, -0.2) is 42.6 Å². The van der Waals surface area contributed by atoms with Gasteiger partial charge in [-0.05, 0) is 5.56 Å². The maximum absolute atomic E-state index is 4.84. The zero-order valence-electron chi connectivity index (χ0n) is 14.8. The van der Waals surface area contributed by atoms with Gasteiger partial charge in [0.2, 0.25) is 0 Å². The van der Waals surface area contributed by atoms with E-state index in [4.69, 9.17) is 4.98 Å². The maximum Gasteiger partial charge on any atom is 0.185 e. The zero-order valence-corrected chi connectivity index (χ0v) is 15.6. The van der Waals surface area contributed by atoms with Crippen LogP contribution in [0.1, 0.15) is 5.56 Å². The van der Waals surface area contributed by atoms with Crippen LogP contribution >= 0.6 is 11.3 Å². The number of rotatable bonds is 5. The van der Waals surface area contributed by atoms with Gasteiger partial charge in [0.1, 0.15) is 0 Å². The minimum absolute atomic E-state index is 1.01. The average molecular weight is 362 g/mol. The van der Waals surface area contributed by atoms with Gasteiger partial charge in [-0.3, -0.25) is 4.90 Å². The molecule has 0 unspecified atom stereocenters. The molecule has 0 atom stereocenters. The highest BCUT2D eigenvalue weighted by atomic mass is 32.1. The van der Waals surface area contributed by atoms with Crippen molar-refractivity contribution in [3.63, 3.8) is 0 Å². The molecule has 3 nitrogen and oxygen atoms in total. The summed E-state index contributed by atoms with van der Waals surface area (Å²) in [5.74, 6) is 0. The fourth-order valence-electron chi connectivity index (χ4n) is 3.17. The van der Waals surface area contributed by atoms with Gasteiger partial charge in [-0.25, -0.2) is 4.98 Å². The quantitative estimate of drug-likeness (QED) is 0.660. The Hall–Kier alpha value is -2.43. The third-order valence-electron chi connectivity index (χ3n) is 4.68. The molecule has 0 spiro atoms. The van der Waals surface area contributed by atoms with Gasteiger partial charge < -0.3 is 4.90 Å². The van der Waals surface area contributed by atoms with Crippen molar-refractivity contribution in [2.75, 3.05) is 37.6 Å². The summed E-state index contributed by atoms with van der Waals surface area (Å²) in [7, 11) is 0. The van der Waals surface area contributed by atoms with Gasteiger partial charge in [0.25, 0.3) is 0 Å². The van der Waals surface area contributed by atoms with Crippen molar-refractivity contribution in [3.8, 4) is 11.3 Å². The molecular formula is C22H23N3S. The molecule has 1 fully saturated rings. The number of thiazole rings is 1. The lowest BCUT2D eigenvalue weighted by Gasteiger charge is -2.33. The minimum atomic E-state index is 1.01. The molecule has 1 aliphatic heterocycles. The van der Waals surface area contributed by atoms with Crippen LogP contribution < -0.4 is 4.90 Å². The van der Waals surface area contributed by atoms with E-state index in [1.165, 1.54) is 11.1 Å². The lowest BCUT2D eigenvalue weighted by molar-refractivity contribution is 0.284. The molecule has 0 amide bonds. The Labute approximate surface area is 159 Å². The fourth-order valence-corrected chi connectivity index (χ4v) is 4.06. The Morgan fingerprint density at radius 3 is 2.31 bits per heavy atom. The number of hydrogen-bond acceptors (Lipinski definition) is 4. The van der Waals surface area contributed by atoms with E-state index in [1.54, 1.807) is 11.3 Å². The van der Waals surface area contributed by atoms with Gasteiger partial charge in [-0.15, -0.1) is 11.3 Å². The highest BCUT2D eigenvalue weighted by Crippen LogP contribution is 2.27. The number of aromatic nitrogens is 1. The molecule has 26 heavy (non-hydrogen) atoms. The smallest absolute Gasteiger partial charge is 0.185 e. The standard InChI is InChI=1S/C22H23N3S/c1-3-8-19(9-4-1)10-7-13-24-14-16-25(17-15-24)22-23-21(18-26-22)20-11-5-2-6-12-20/h1-12,18H,13-17H2/b10-7+. The zero-order chi connectivity index (χ0) is 17.6. The Morgan fingerprint density at radius 1 is 0.885 bits per heavy atom. The molecule has 0 N–H and O–H groups in total. The topological polar surface area (TPSA) is 19.4 Å². The van der Waals surface area contributed by atoms with Gasteiger partial charge in [0, 0.05) is 43.7 Å². The van der Waals surface area contributed by atoms with Crippen LogP contribution in [0, 0.1) is 0 Å². The van der Waals surface area contributed by atoms with Crippen LogP contribution in [0.2, 0.25) is 0 Å². The normalized spacial score (nSPS) is 15.6. The van der Waals surface area contributed by atoms with Crippen molar-refractivity contribution in [1.82, 2.24) is 9.88 Å². The van der Waals surface area contributed by atoms with E-state index in [9.17, 15) is 0 Å².